The minimum absolute atomic E-state index is 0.0962. The maximum atomic E-state index is 12.6. The molecule has 0 amide bonds. The van der Waals surface area contributed by atoms with E-state index in [2.05, 4.69) is 26.0 Å². The van der Waals surface area contributed by atoms with Gasteiger partial charge in [0.1, 0.15) is 5.82 Å². The van der Waals surface area contributed by atoms with Crippen molar-refractivity contribution in [2.24, 2.45) is 0 Å². The van der Waals surface area contributed by atoms with E-state index < -0.39 is 0 Å². The topological polar surface area (TPSA) is 65.6 Å². The van der Waals surface area contributed by atoms with Crippen LogP contribution in [0.3, 0.4) is 0 Å². The van der Waals surface area contributed by atoms with Gasteiger partial charge in [-0.2, -0.15) is 0 Å². The normalized spacial score (nSPS) is 12.0. The number of hydrogen-bond donors (Lipinski definition) is 0. The van der Waals surface area contributed by atoms with Gasteiger partial charge in [0, 0.05) is 47.4 Å². The molecule has 8 heteroatoms. The monoisotopic (exact) mass is 441 g/mol. The van der Waals surface area contributed by atoms with E-state index in [4.69, 9.17) is 16.6 Å². The molecule has 0 saturated heterocycles. The summed E-state index contributed by atoms with van der Waals surface area (Å²) in [5, 5.41) is 2.83. The summed E-state index contributed by atoms with van der Waals surface area (Å²) in [6.45, 7) is 7.33. The van der Waals surface area contributed by atoms with Gasteiger partial charge < -0.3 is 9.13 Å². The number of rotatable bonds is 8. The molecule has 0 radical (unpaired) electrons. The fourth-order valence-electron chi connectivity index (χ4n) is 3.50. The Morgan fingerprint density at radius 2 is 2.07 bits per heavy atom. The minimum Gasteiger partial charge on any atom is -0.327 e. The zero-order valence-corrected chi connectivity index (χ0v) is 18.9. The van der Waals surface area contributed by atoms with Crippen LogP contribution < -0.4 is 0 Å². The number of benzene rings is 1. The number of thiazole rings is 1. The highest BCUT2D eigenvalue weighted by Crippen LogP contribution is 2.25. The Balaban J connectivity index is 1.64. The van der Waals surface area contributed by atoms with Crippen molar-refractivity contribution < 1.29 is 4.79 Å². The lowest BCUT2D eigenvalue weighted by atomic mass is 10.0. The van der Waals surface area contributed by atoms with Gasteiger partial charge in [0.05, 0.1) is 17.6 Å². The fourth-order valence-corrected chi connectivity index (χ4v) is 4.25. The molecule has 3 aromatic heterocycles. The number of Topliss-reactive ketones (excluding diaryl/α,β-unsaturated/α-hetero) is 1. The summed E-state index contributed by atoms with van der Waals surface area (Å²) in [5.74, 6) is 1.85. The Morgan fingerprint density at radius 1 is 1.23 bits per heavy atom. The average Bonchev–Trinajstić information content (AvgIpc) is 3.44. The van der Waals surface area contributed by atoms with Gasteiger partial charge in [-0.1, -0.05) is 0 Å². The number of fused-ring (bicyclic) bond motifs is 1. The molecule has 0 spiro atoms. The lowest BCUT2D eigenvalue weighted by molar-refractivity contribution is 0.0977. The Morgan fingerprint density at radius 3 is 2.77 bits per heavy atom. The summed E-state index contributed by atoms with van der Waals surface area (Å²) < 4.78 is 4.23. The van der Waals surface area contributed by atoms with E-state index >= 15 is 0 Å². The molecule has 0 bridgehead atoms. The van der Waals surface area contributed by atoms with Crippen LogP contribution in [0.2, 0.25) is 0 Å². The van der Waals surface area contributed by atoms with Crippen molar-refractivity contribution in [3.63, 3.8) is 0 Å². The van der Waals surface area contributed by atoms with Crippen LogP contribution >= 0.6 is 22.9 Å². The lowest BCUT2D eigenvalue weighted by Gasteiger charge is -2.14. The van der Waals surface area contributed by atoms with Crippen LogP contribution in [0.15, 0.2) is 42.2 Å². The highest BCUT2D eigenvalue weighted by atomic mass is 35.5. The predicted octanol–water partition coefficient (Wildman–Crippen LogP) is 5.40. The molecule has 0 N–H and O–H groups in total. The first-order valence-electron chi connectivity index (χ1n) is 9.98. The Bertz CT molecular complexity index is 1170. The quantitative estimate of drug-likeness (QED) is 0.271. The molecule has 4 rings (SSSR count). The molecule has 156 valence electrons. The van der Waals surface area contributed by atoms with Crippen molar-refractivity contribution in [2.75, 3.05) is 0 Å². The summed E-state index contributed by atoms with van der Waals surface area (Å²) in [6.07, 6.45) is 6.57. The summed E-state index contributed by atoms with van der Waals surface area (Å²) in [4.78, 5) is 25.9. The van der Waals surface area contributed by atoms with Crippen LogP contribution in [0.1, 0.15) is 49.8 Å². The van der Waals surface area contributed by atoms with Gasteiger partial charge in [-0.25, -0.2) is 15.0 Å². The summed E-state index contributed by atoms with van der Waals surface area (Å²) in [6, 6.07) is 5.77. The maximum absolute atomic E-state index is 12.6. The molecular formula is C22H24ClN5OS. The van der Waals surface area contributed by atoms with Gasteiger partial charge in [0.25, 0.3) is 0 Å². The van der Waals surface area contributed by atoms with Crippen LogP contribution in [0.25, 0.3) is 21.9 Å². The first kappa shape index (κ1) is 20.8. The molecule has 0 fully saturated rings. The van der Waals surface area contributed by atoms with E-state index in [1.165, 1.54) is 0 Å². The van der Waals surface area contributed by atoms with Gasteiger partial charge in [-0.05, 0) is 45.4 Å². The van der Waals surface area contributed by atoms with Crippen LogP contribution in [-0.2, 0) is 13.1 Å². The van der Waals surface area contributed by atoms with Gasteiger partial charge in [0.2, 0.25) is 0 Å². The zero-order chi connectivity index (χ0) is 21.3. The van der Waals surface area contributed by atoms with Crippen LogP contribution in [0.4, 0.5) is 0 Å². The number of ketones is 1. The van der Waals surface area contributed by atoms with Crippen LogP contribution in [0.5, 0.6) is 0 Å². The highest BCUT2D eigenvalue weighted by Gasteiger charge is 2.18. The maximum Gasteiger partial charge on any atom is 0.169 e. The third kappa shape index (κ3) is 4.32. The van der Waals surface area contributed by atoms with E-state index in [0.717, 1.165) is 34.2 Å². The molecule has 0 aliphatic heterocycles. The number of hydrogen-bond acceptors (Lipinski definition) is 5. The first-order valence-corrected chi connectivity index (χ1v) is 11.2. The minimum atomic E-state index is -0.378. The smallest absolute Gasteiger partial charge is 0.169 e. The Kier molecular flexibility index (Phi) is 5.75. The second-order valence-electron chi connectivity index (χ2n) is 7.83. The third-order valence-electron chi connectivity index (χ3n) is 5.06. The molecule has 3 heterocycles. The van der Waals surface area contributed by atoms with Gasteiger partial charge in [-0.15, -0.1) is 22.9 Å². The standard InChI is InChI=1S/C22H24ClN5OS/c1-4-28-17-6-5-15(18(29)7-8-22(2,3)23)13-16(17)26-19(28)14-27-11-9-24-20(27)21-25-10-12-30-21/h5-6,9-13H,4,7-8,14H2,1-3H3. The molecule has 1 aromatic carbocycles. The predicted molar refractivity (Wildman–Crippen MR) is 121 cm³/mol. The molecule has 0 aliphatic carbocycles. The van der Waals surface area contributed by atoms with Gasteiger partial charge in [-0.3, -0.25) is 4.79 Å². The highest BCUT2D eigenvalue weighted by molar-refractivity contribution is 7.13. The number of aryl methyl sites for hydroxylation is 1. The molecule has 4 aromatic rings. The summed E-state index contributed by atoms with van der Waals surface area (Å²) in [5.41, 5.74) is 2.54. The average molecular weight is 442 g/mol. The van der Waals surface area contributed by atoms with E-state index in [9.17, 15) is 4.79 Å². The molecule has 30 heavy (non-hydrogen) atoms. The second-order valence-corrected chi connectivity index (χ2v) is 9.75. The molecule has 0 aliphatic rings. The second kappa shape index (κ2) is 8.32. The molecule has 0 atom stereocenters. The van der Waals surface area contributed by atoms with Crippen molar-refractivity contribution in [1.29, 1.82) is 0 Å². The zero-order valence-electron chi connectivity index (χ0n) is 17.3. The Labute approximate surface area is 184 Å². The molecule has 0 saturated carbocycles. The fraction of sp³-hybridized carbons (Fsp3) is 0.364. The largest absolute Gasteiger partial charge is 0.327 e. The van der Waals surface area contributed by atoms with E-state index in [-0.39, 0.29) is 10.7 Å². The van der Waals surface area contributed by atoms with Crippen LogP contribution in [-0.4, -0.2) is 34.7 Å². The van der Waals surface area contributed by atoms with E-state index in [1.54, 1.807) is 23.7 Å². The number of nitrogens with zero attached hydrogens (tertiary/aromatic N) is 5. The number of carbonyl (C=O) groups excluding carboxylic acids is 1. The number of alkyl halides is 1. The third-order valence-corrected chi connectivity index (χ3v) is 6.02. The summed E-state index contributed by atoms with van der Waals surface area (Å²) in [7, 11) is 0. The lowest BCUT2D eigenvalue weighted by Crippen LogP contribution is -2.12. The van der Waals surface area contributed by atoms with Crippen molar-refractivity contribution in [3.05, 3.63) is 53.6 Å². The van der Waals surface area contributed by atoms with Crippen LogP contribution in [0, 0.1) is 0 Å². The molecular weight excluding hydrogens is 418 g/mol. The van der Waals surface area contributed by atoms with E-state index in [1.807, 2.05) is 43.6 Å². The SMILES string of the molecule is CCn1c(Cn2ccnc2-c2nccs2)nc2cc(C(=O)CCC(C)(C)Cl)ccc21. The van der Waals surface area contributed by atoms with Gasteiger partial charge >= 0.3 is 0 Å². The van der Waals surface area contributed by atoms with Gasteiger partial charge in [0.15, 0.2) is 16.6 Å². The van der Waals surface area contributed by atoms with Crippen molar-refractivity contribution >= 4 is 39.8 Å². The number of carbonyl (C=O) groups is 1. The van der Waals surface area contributed by atoms with Crippen molar-refractivity contribution in [2.45, 2.75) is 51.6 Å². The van der Waals surface area contributed by atoms with E-state index in [0.29, 0.717) is 24.9 Å². The summed E-state index contributed by atoms with van der Waals surface area (Å²) >= 11 is 7.80. The van der Waals surface area contributed by atoms with Crippen molar-refractivity contribution in [1.82, 2.24) is 24.1 Å². The number of halogens is 1. The first-order chi connectivity index (χ1) is 14.4. The number of aromatic nitrogens is 5. The number of imidazole rings is 2. The molecule has 6 nitrogen and oxygen atoms in total. The Hall–Kier alpha value is -2.51. The van der Waals surface area contributed by atoms with Crippen molar-refractivity contribution in [3.8, 4) is 10.8 Å². The molecule has 0 unspecified atom stereocenters.